The van der Waals surface area contributed by atoms with Crippen LogP contribution in [0.2, 0.25) is 0 Å². The van der Waals surface area contributed by atoms with Crippen molar-refractivity contribution in [2.24, 2.45) is 0 Å². The van der Waals surface area contributed by atoms with Crippen molar-refractivity contribution in [3.05, 3.63) is 198 Å². The first kappa shape index (κ1) is 28.0. The Labute approximate surface area is 300 Å². The van der Waals surface area contributed by atoms with Gasteiger partial charge in [-0.15, -0.1) is 0 Å². The summed E-state index contributed by atoms with van der Waals surface area (Å²) in [4.78, 5) is 5.47. The van der Waals surface area contributed by atoms with E-state index in [1.54, 1.807) is 0 Å². The summed E-state index contributed by atoms with van der Waals surface area (Å²) in [6, 6.07) is 64.0. The molecule has 2 heterocycles. The summed E-state index contributed by atoms with van der Waals surface area (Å²) in [5.41, 5.74) is 17.5. The molecule has 0 saturated carbocycles. The fourth-order valence-corrected chi connectivity index (χ4v) is 9.68. The Kier molecular flexibility index (Phi) is 5.46. The van der Waals surface area contributed by atoms with Gasteiger partial charge < -0.3 is 4.42 Å². The zero-order chi connectivity index (χ0) is 34.0. The molecule has 1 spiro atoms. The number of rotatable bonds is 2. The highest BCUT2D eigenvalue weighted by atomic mass is 16.3. The Morgan fingerprint density at radius 2 is 1.00 bits per heavy atom. The van der Waals surface area contributed by atoms with Crippen molar-refractivity contribution >= 4 is 43.6 Å². The highest BCUT2D eigenvalue weighted by Crippen LogP contribution is 2.64. The van der Waals surface area contributed by atoms with Gasteiger partial charge in [-0.3, -0.25) is 0 Å². The average molecular weight is 660 g/mol. The van der Waals surface area contributed by atoms with Crippen molar-refractivity contribution in [2.45, 2.75) is 5.41 Å². The standard InChI is InChI=1S/C50H29NO/c1-2-13-30(14-3-1)49-38-27-28-45-48(37-18-7-11-24-44(37)52-45)47(38)36-26-25-31(29-43(36)51-49)32-19-12-23-42-46(32)35-17-6-10-22-41(35)50(42)39-20-8-4-15-33(39)34-16-5-9-21-40(34)50/h1-29H. The maximum Gasteiger partial charge on any atom is 0.136 e. The molecule has 2 aliphatic rings. The Morgan fingerprint density at radius 3 is 1.79 bits per heavy atom. The van der Waals surface area contributed by atoms with Crippen LogP contribution in [0.5, 0.6) is 0 Å². The van der Waals surface area contributed by atoms with E-state index in [9.17, 15) is 0 Å². The monoisotopic (exact) mass is 659 g/mol. The molecule has 240 valence electrons. The lowest BCUT2D eigenvalue weighted by Gasteiger charge is -2.30. The highest BCUT2D eigenvalue weighted by Gasteiger charge is 2.51. The molecule has 2 nitrogen and oxygen atoms in total. The van der Waals surface area contributed by atoms with Crippen molar-refractivity contribution in [2.75, 3.05) is 0 Å². The SMILES string of the molecule is c1ccc(-c2nc3cc(-c4cccc5c4-c4ccccc4C54c5ccccc5-c5ccccc54)ccc3c3c2ccc2oc4ccccc4c23)cc1. The van der Waals surface area contributed by atoms with Crippen LogP contribution in [0, 0.1) is 0 Å². The molecule has 0 fully saturated rings. The van der Waals surface area contributed by atoms with Crippen LogP contribution in [0.1, 0.15) is 22.3 Å². The molecule has 2 heteroatoms. The summed E-state index contributed by atoms with van der Waals surface area (Å²) in [6.45, 7) is 0. The van der Waals surface area contributed by atoms with Crippen LogP contribution in [0.3, 0.4) is 0 Å². The molecular weight excluding hydrogens is 631 g/mol. The smallest absolute Gasteiger partial charge is 0.136 e. The minimum atomic E-state index is -0.380. The molecule has 0 amide bonds. The zero-order valence-corrected chi connectivity index (χ0v) is 28.1. The van der Waals surface area contributed by atoms with Gasteiger partial charge in [0.2, 0.25) is 0 Å². The number of pyridine rings is 1. The van der Waals surface area contributed by atoms with E-state index in [0.717, 1.165) is 55.0 Å². The third-order valence-electron chi connectivity index (χ3n) is 11.7. The minimum absolute atomic E-state index is 0.380. The summed E-state index contributed by atoms with van der Waals surface area (Å²) in [7, 11) is 0. The molecule has 10 aromatic rings. The Balaban J connectivity index is 1.17. The second-order valence-electron chi connectivity index (χ2n) is 14.1. The topological polar surface area (TPSA) is 26.0 Å². The van der Waals surface area contributed by atoms with Gasteiger partial charge in [-0.25, -0.2) is 4.98 Å². The van der Waals surface area contributed by atoms with E-state index in [2.05, 4.69) is 170 Å². The van der Waals surface area contributed by atoms with Crippen LogP contribution in [-0.2, 0) is 5.41 Å². The first-order valence-corrected chi connectivity index (χ1v) is 18.0. The first-order chi connectivity index (χ1) is 25.8. The second-order valence-corrected chi connectivity index (χ2v) is 14.1. The van der Waals surface area contributed by atoms with E-state index in [1.165, 1.54) is 55.5 Å². The van der Waals surface area contributed by atoms with Gasteiger partial charge in [-0.1, -0.05) is 152 Å². The summed E-state index contributed by atoms with van der Waals surface area (Å²) in [5.74, 6) is 0. The van der Waals surface area contributed by atoms with E-state index in [1.807, 2.05) is 6.07 Å². The van der Waals surface area contributed by atoms with E-state index in [0.29, 0.717) is 0 Å². The maximum atomic E-state index is 6.41. The van der Waals surface area contributed by atoms with Gasteiger partial charge in [-0.2, -0.15) is 0 Å². The molecule has 2 aromatic heterocycles. The number of fused-ring (bicyclic) bond motifs is 17. The molecule has 0 N–H and O–H groups in total. The third-order valence-corrected chi connectivity index (χ3v) is 11.7. The number of para-hydroxylation sites is 1. The molecule has 12 rings (SSSR count). The predicted molar refractivity (Wildman–Crippen MR) is 214 cm³/mol. The van der Waals surface area contributed by atoms with Crippen molar-refractivity contribution in [3.63, 3.8) is 0 Å². The van der Waals surface area contributed by atoms with Crippen LogP contribution >= 0.6 is 0 Å². The van der Waals surface area contributed by atoms with Gasteiger partial charge in [0.05, 0.1) is 16.6 Å². The highest BCUT2D eigenvalue weighted by molar-refractivity contribution is 6.28. The van der Waals surface area contributed by atoms with Crippen molar-refractivity contribution in [3.8, 4) is 44.6 Å². The fourth-order valence-electron chi connectivity index (χ4n) is 9.68. The molecule has 0 aliphatic heterocycles. The van der Waals surface area contributed by atoms with Crippen LogP contribution < -0.4 is 0 Å². The van der Waals surface area contributed by atoms with Gasteiger partial charge in [0.1, 0.15) is 11.2 Å². The minimum Gasteiger partial charge on any atom is -0.456 e. The Morgan fingerprint density at radius 1 is 0.385 bits per heavy atom. The third kappa shape index (κ3) is 3.46. The Hall–Kier alpha value is -6.77. The molecule has 0 radical (unpaired) electrons. The number of aromatic nitrogens is 1. The molecule has 2 aliphatic carbocycles. The summed E-state index contributed by atoms with van der Waals surface area (Å²) < 4.78 is 6.41. The molecule has 0 saturated heterocycles. The van der Waals surface area contributed by atoms with Crippen molar-refractivity contribution in [1.29, 1.82) is 0 Å². The van der Waals surface area contributed by atoms with Crippen molar-refractivity contribution < 1.29 is 4.42 Å². The van der Waals surface area contributed by atoms with Gasteiger partial charge in [0.25, 0.3) is 0 Å². The van der Waals surface area contributed by atoms with Gasteiger partial charge in [-0.05, 0) is 79.9 Å². The summed E-state index contributed by atoms with van der Waals surface area (Å²) >= 11 is 0. The lowest BCUT2D eigenvalue weighted by molar-refractivity contribution is 0.669. The average Bonchev–Trinajstić information content (AvgIpc) is 3.85. The number of hydrogen-bond acceptors (Lipinski definition) is 2. The molecular formula is C50H29NO. The number of hydrogen-bond donors (Lipinski definition) is 0. The molecule has 0 unspecified atom stereocenters. The normalized spacial score (nSPS) is 13.5. The van der Waals surface area contributed by atoms with Gasteiger partial charge in [0.15, 0.2) is 0 Å². The fraction of sp³-hybridized carbons (Fsp3) is 0.0200. The van der Waals surface area contributed by atoms with E-state index < -0.39 is 0 Å². The number of furan rings is 1. The number of nitrogens with zero attached hydrogens (tertiary/aromatic N) is 1. The first-order valence-electron chi connectivity index (χ1n) is 18.0. The van der Waals surface area contributed by atoms with E-state index >= 15 is 0 Å². The quantitative estimate of drug-likeness (QED) is 0.173. The van der Waals surface area contributed by atoms with Crippen LogP contribution in [0.15, 0.2) is 180 Å². The molecule has 52 heavy (non-hydrogen) atoms. The lowest BCUT2D eigenvalue weighted by atomic mass is 9.70. The predicted octanol–water partition coefficient (Wildman–Crippen LogP) is 13.0. The van der Waals surface area contributed by atoms with Gasteiger partial charge in [0, 0.05) is 32.5 Å². The maximum absolute atomic E-state index is 6.41. The second kappa shape index (κ2) is 10.2. The summed E-state index contributed by atoms with van der Waals surface area (Å²) in [6.07, 6.45) is 0. The largest absolute Gasteiger partial charge is 0.456 e. The molecule has 0 atom stereocenters. The molecule has 0 bridgehead atoms. The number of benzene rings is 8. The van der Waals surface area contributed by atoms with Crippen LogP contribution in [-0.4, -0.2) is 4.98 Å². The lowest BCUT2D eigenvalue weighted by Crippen LogP contribution is -2.25. The van der Waals surface area contributed by atoms with E-state index in [-0.39, 0.29) is 5.41 Å². The molecule has 8 aromatic carbocycles. The van der Waals surface area contributed by atoms with Crippen LogP contribution in [0.4, 0.5) is 0 Å². The van der Waals surface area contributed by atoms with E-state index in [4.69, 9.17) is 9.40 Å². The summed E-state index contributed by atoms with van der Waals surface area (Å²) in [5, 5.41) is 5.69. The van der Waals surface area contributed by atoms with Crippen LogP contribution in [0.25, 0.3) is 88.3 Å². The zero-order valence-electron chi connectivity index (χ0n) is 28.1. The Bertz CT molecular complexity index is 3090. The van der Waals surface area contributed by atoms with Gasteiger partial charge >= 0.3 is 0 Å². The van der Waals surface area contributed by atoms with Crippen molar-refractivity contribution in [1.82, 2.24) is 4.98 Å².